The van der Waals surface area contributed by atoms with Crippen LogP contribution in [0.1, 0.15) is 36.2 Å². The number of nitrogens with zero attached hydrogens (tertiary/aromatic N) is 4. The fraction of sp³-hybridized carbons (Fsp3) is 0.571. The number of hydrogen-bond acceptors (Lipinski definition) is 7. The molecule has 0 bridgehead atoms. The van der Waals surface area contributed by atoms with Gasteiger partial charge in [0.05, 0.1) is 18.8 Å². The second-order valence-corrected chi connectivity index (χ2v) is 5.33. The lowest BCUT2D eigenvalue weighted by Crippen LogP contribution is -2.20. The van der Waals surface area contributed by atoms with Gasteiger partial charge in [-0.25, -0.2) is 9.97 Å². The van der Waals surface area contributed by atoms with Gasteiger partial charge in [-0.3, -0.25) is 5.10 Å². The lowest BCUT2D eigenvalue weighted by atomic mass is 10.2. The van der Waals surface area contributed by atoms with E-state index in [1.807, 2.05) is 13.8 Å². The van der Waals surface area contributed by atoms with Crippen LogP contribution in [0, 0.1) is 13.8 Å². The van der Waals surface area contributed by atoms with Crippen molar-refractivity contribution in [3.05, 3.63) is 23.5 Å². The molecule has 0 saturated carbocycles. The Morgan fingerprint density at radius 2 is 2.23 bits per heavy atom. The predicted octanol–water partition coefficient (Wildman–Crippen LogP) is 1.55. The zero-order valence-electron chi connectivity index (χ0n) is 13.0. The molecule has 2 atom stereocenters. The van der Waals surface area contributed by atoms with Crippen LogP contribution in [0.15, 0.2) is 6.33 Å². The minimum Gasteiger partial charge on any atom is -0.481 e. The minimum absolute atomic E-state index is 0.00271. The van der Waals surface area contributed by atoms with E-state index in [2.05, 4.69) is 30.5 Å². The molecule has 0 aromatic carbocycles. The van der Waals surface area contributed by atoms with Crippen LogP contribution < -0.4 is 10.1 Å². The third kappa shape index (κ3) is 3.01. The average molecular weight is 304 g/mol. The SMILES string of the molecule is COc1nc(C)nc(NC[C@H]2CC[C@@H](c3ncn[nH]3)O2)c1C. The summed E-state index contributed by atoms with van der Waals surface area (Å²) >= 11 is 0. The number of anilines is 1. The quantitative estimate of drug-likeness (QED) is 0.864. The maximum absolute atomic E-state index is 5.98. The van der Waals surface area contributed by atoms with Crippen molar-refractivity contribution in [2.75, 3.05) is 19.0 Å². The van der Waals surface area contributed by atoms with Crippen LogP contribution in [-0.4, -0.2) is 44.9 Å². The minimum atomic E-state index is -0.00271. The Hall–Kier alpha value is -2.22. The number of aryl methyl sites for hydroxylation is 1. The number of aromatic nitrogens is 5. The summed E-state index contributed by atoms with van der Waals surface area (Å²) in [7, 11) is 1.61. The van der Waals surface area contributed by atoms with Gasteiger partial charge in [-0.05, 0) is 26.7 Å². The standard InChI is InChI=1S/C14H20N6O2/c1-8-12(18-9(2)19-14(8)21-3)15-6-10-4-5-11(22-10)13-16-7-17-20-13/h7,10-11H,4-6H2,1-3H3,(H,15,18,19)(H,16,17,20)/t10-,11+/m1/s1. The maximum atomic E-state index is 5.98. The zero-order valence-corrected chi connectivity index (χ0v) is 13.0. The monoisotopic (exact) mass is 304 g/mol. The first-order valence-corrected chi connectivity index (χ1v) is 7.31. The van der Waals surface area contributed by atoms with E-state index in [0.717, 1.165) is 30.0 Å². The number of aromatic amines is 1. The highest BCUT2D eigenvalue weighted by molar-refractivity contribution is 5.48. The van der Waals surface area contributed by atoms with Crippen LogP contribution >= 0.6 is 0 Å². The highest BCUT2D eigenvalue weighted by Crippen LogP contribution is 2.31. The van der Waals surface area contributed by atoms with E-state index in [1.54, 1.807) is 7.11 Å². The summed E-state index contributed by atoms with van der Waals surface area (Å²) in [6, 6.07) is 0. The van der Waals surface area contributed by atoms with Crippen LogP contribution in [0.3, 0.4) is 0 Å². The van der Waals surface area contributed by atoms with E-state index < -0.39 is 0 Å². The van der Waals surface area contributed by atoms with Gasteiger partial charge >= 0.3 is 0 Å². The van der Waals surface area contributed by atoms with Crippen LogP contribution in [-0.2, 0) is 4.74 Å². The fourth-order valence-electron chi connectivity index (χ4n) is 2.61. The van der Waals surface area contributed by atoms with E-state index in [1.165, 1.54) is 6.33 Å². The first-order valence-electron chi connectivity index (χ1n) is 7.31. The van der Waals surface area contributed by atoms with Gasteiger partial charge in [0.15, 0.2) is 5.82 Å². The van der Waals surface area contributed by atoms with Gasteiger partial charge in [0.1, 0.15) is 24.1 Å². The normalized spacial score (nSPS) is 21.0. The first-order chi connectivity index (χ1) is 10.7. The smallest absolute Gasteiger partial charge is 0.221 e. The molecule has 1 aliphatic heterocycles. The second kappa shape index (κ2) is 6.27. The van der Waals surface area contributed by atoms with E-state index in [-0.39, 0.29) is 12.2 Å². The van der Waals surface area contributed by atoms with Gasteiger partial charge in [0.25, 0.3) is 0 Å². The van der Waals surface area contributed by atoms with Crippen LogP contribution in [0.4, 0.5) is 5.82 Å². The topological polar surface area (TPSA) is 97.8 Å². The van der Waals surface area contributed by atoms with Crippen molar-refractivity contribution >= 4 is 5.82 Å². The zero-order chi connectivity index (χ0) is 15.5. The Morgan fingerprint density at radius 3 is 2.95 bits per heavy atom. The summed E-state index contributed by atoms with van der Waals surface area (Å²) in [5.41, 5.74) is 0.901. The van der Waals surface area contributed by atoms with Crippen LogP contribution in [0.2, 0.25) is 0 Å². The molecule has 1 saturated heterocycles. The highest BCUT2D eigenvalue weighted by Gasteiger charge is 2.28. The lowest BCUT2D eigenvalue weighted by molar-refractivity contribution is 0.0472. The Bertz CT molecular complexity index is 631. The van der Waals surface area contributed by atoms with Crippen molar-refractivity contribution in [1.29, 1.82) is 0 Å². The van der Waals surface area contributed by atoms with Crippen LogP contribution in [0.25, 0.3) is 0 Å². The number of H-pyrrole nitrogens is 1. The Morgan fingerprint density at radius 1 is 1.36 bits per heavy atom. The van der Waals surface area contributed by atoms with Gasteiger partial charge < -0.3 is 14.8 Å². The summed E-state index contributed by atoms with van der Waals surface area (Å²) in [5.74, 6) is 2.85. The summed E-state index contributed by atoms with van der Waals surface area (Å²) in [4.78, 5) is 12.8. The van der Waals surface area contributed by atoms with Crippen molar-refractivity contribution in [2.24, 2.45) is 0 Å². The molecule has 8 nitrogen and oxygen atoms in total. The van der Waals surface area contributed by atoms with Crippen molar-refractivity contribution in [2.45, 2.75) is 38.9 Å². The molecule has 0 spiro atoms. The third-order valence-corrected chi connectivity index (χ3v) is 3.75. The number of hydrogen-bond donors (Lipinski definition) is 2. The highest BCUT2D eigenvalue weighted by atomic mass is 16.5. The molecule has 118 valence electrons. The molecule has 0 amide bonds. The molecule has 8 heteroatoms. The van der Waals surface area contributed by atoms with E-state index >= 15 is 0 Å². The van der Waals surface area contributed by atoms with Gasteiger partial charge in [-0.15, -0.1) is 0 Å². The molecule has 2 aromatic rings. The van der Waals surface area contributed by atoms with Crippen molar-refractivity contribution < 1.29 is 9.47 Å². The Kier molecular flexibility index (Phi) is 4.19. The number of nitrogens with one attached hydrogen (secondary N) is 2. The van der Waals surface area contributed by atoms with Crippen molar-refractivity contribution in [3.63, 3.8) is 0 Å². The summed E-state index contributed by atoms with van der Waals surface area (Å²) < 4.78 is 11.2. The molecule has 22 heavy (non-hydrogen) atoms. The molecule has 1 fully saturated rings. The number of methoxy groups -OCH3 is 1. The summed E-state index contributed by atoms with van der Waals surface area (Å²) in [5, 5.41) is 10.1. The van der Waals surface area contributed by atoms with Crippen molar-refractivity contribution in [1.82, 2.24) is 25.1 Å². The fourth-order valence-corrected chi connectivity index (χ4v) is 2.61. The van der Waals surface area contributed by atoms with Gasteiger partial charge in [0.2, 0.25) is 5.88 Å². The molecular weight excluding hydrogens is 284 g/mol. The van der Waals surface area contributed by atoms with E-state index in [9.17, 15) is 0 Å². The molecule has 1 aliphatic rings. The molecule has 2 aromatic heterocycles. The Labute approximate surface area is 128 Å². The van der Waals surface area contributed by atoms with E-state index in [0.29, 0.717) is 18.2 Å². The molecule has 0 aliphatic carbocycles. The number of rotatable bonds is 5. The summed E-state index contributed by atoms with van der Waals surface area (Å²) in [6.45, 7) is 4.47. The largest absolute Gasteiger partial charge is 0.481 e. The maximum Gasteiger partial charge on any atom is 0.221 e. The molecular formula is C14H20N6O2. The van der Waals surface area contributed by atoms with Crippen molar-refractivity contribution in [3.8, 4) is 5.88 Å². The first kappa shape index (κ1) is 14.7. The molecule has 2 N–H and O–H groups in total. The Balaban J connectivity index is 1.61. The molecule has 3 heterocycles. The lowest BCUT2D eigenvalue weighted by Gasteiger charge is -2.16. The second-order valence-electron chi connectivity index (χ2n) is 5.33. The van der Waals surface area contributed by atoms with Gasteiger partial charge in [-0.2, -0.15) is 10.1 Å². The molecule has 0 unspecified atom stereocenters. The number of ether oxygens (including phenoxy) is 2. The molecule has 0 radical (unpaired) electrons. The van der Waals surface area contributed by atoms with Gasteiger partial charge in [0, 0.05) is 6.54 Å². The van der Waals surface area contributed by atoms with E-state index in [4.69, 9.17) is 9.47 Å². The third-order valence-electron chi connectivity index (χ3n) is 3.75. The van der Waals surface area contributed by atoms with Crippen LogP contribution in [0.5, 0.6) is 5.88 Å². The summed E-state index contributed by atoms with van der Waals surface area (Å²) in [6.07, 6.45) is 3.53. The predicted molar refractivity (Wildman–Crippen MR) is 79.8 cm³/mol. The molecule has 3 rings (SSSR count). The average Bonchev–Trinajstić information content (AvgIpc) is 3.18. The van der Waals surface area contributed by atoms with Gasteiger partial charge in [-0.1, -0.05) is 0 Å².